The van der Waals surface area contributed by atoms with Gasteiger partial charge in [-0.05, 0) is 159 Å². The number of fused-ring (bicyclic) bond motifs is 3. The molecule has 0 fully saturated rings. The molecular weight excluding hydrogens is 1920 g/mol. The maximum Gasteiger partial charge on any atom is 0.217 e. The van der Waals surface area contributed by atoms with E-state index in [1.54, 1.807) is 0 Å². The third-order valence-corrected chi connectivity index (χ3v) is 17.2. The van der Waals surface area contributed by atoms with E-state index in [4.69, 9.17) is 43.5 Å². The molecule has 0 amide bonds. The third kappa shape index (κ3) is 27.0. The molecule has 7 aromatic carbocycles. The topological polar surface area (TPSA) is 190 Å². The van der Waals surface area contributed by atoms with Crippen LogP contribution in [-0.2, 0) is 80.1 Å². The molecule has 583 valence electrons. The third-order valence-electron chi connectivity index (χ3n) is 17.2. The van der Waals surface area contributed by atoms with E-state index in [2.05, 4.69) is 286 Å². The van der Waals surface area contributed by atoms with Gasteiger partial charge in [-0.2, -0.15) is 0 Å². The first-order chi connectivity index (χ1) is 50.9. The summed E-state index contributed by atoms with van der Waals surface area (Å²) in [6, 6.07) is 71.8. The van der Waals surface area contributed by atoms with Gasteiger partial charge in [0.1, 0.15) is 17.3 Å². The van der Waals surface area contributed by atoms with E-state index in [1.165, 1.54) is 115 Å². The summed E-state index contributed by atoms with van der Waals surface area (Å²) in [6.07, 6.45) is 3.50. The number of aliphatic hydroxyl groups is 3. The normalized spacial score (nSPS) is 11.3. The number of nitrogens with zero attached hydrogens (tertiary/aromatic N) is 3. The SMILES string of the molecule is CC(=O)C=C(C)O.CC(=O)C=C(C)O.CC(=O)C=C(C)O.Cc1[c-]c(-c2ccc3cc(-c4cc(C(C)C)cc(C(C)C)c4)oc3n2)cc(C)c1.Cc1[c-]c(-c2ccc3cc(-c4ccc(-c5c(C)cccc5C)cc4)oc3n2)cc(C)c1.Cc1[c-]c(-c2ccc3cc(-c4ccc(C(C)(C)C)cc4)oc3n2)cc(C)c1.[Ir].[Ir].[Ir]. The minimum absolute atomic E-state index is 0. The van der Waals surface area contributed by atoms with Crippen molar-refractivity contribution in [3.05, 3.63) is 291 Å². The van der Waals surface area contributed by atoms with Gasteiger partial charge in [-0.3, -0.25) is 29.3 Å². The van der Waals surface area contributed by atoms with E-state index in [9.17, 15) is 14.4 Å². The molecule has 0 bridgehead atoms. The average molecular weight is 2020 g/mol. The molecule has 0 unspecified atom stereocenters. The molecule has 0 aliphatic rings. The van der Waals surface area contributed by atoms with Crippen LogP contribution in [0.25, 0.3) is 112 Å². The van der Waals surface area contributed by atoms with Crippen molar-refractivity contribution in [2.45, 2.75) is 163 Å². The molecular formula is C96H100Ir3N3O9-3. The first-order valence-electron chi connectivity index (χ1n) is 36.3. The maximum absolute atomic E-state index is 10.0. The molecule has 6 aromatic heterocycles. The van der Waals surface area contributed by atoms with Crippen molar-refractivity contribution in [1.29, 1.82) is 0 Å². The minimum Gasteiger partial charge on any atom is -0.512 e. The quantitative estimate of drug-likeness (QED) is 0.0597. The number of rotatable bonds is 12. The molecule has 0 saturated carbocycles. The Morgan fingerprint density at radius 2 is 0.676 bits per heavy atom. The van der Waals surface area contributed by atoms with Gasteiger partial charge in [0, 0.05) is 111 Å². The summed E-state index contributed by atoms with van der Waals surface area (Å²) in [7, 11) is 0. The first-order valence-corrected chi connectivity index (χ1v) is 36.3. The Bertz CT molecular complexity index is 5290. The number of aliphatic hydroxyl groups excluding tert-OH is 3. The van der Waals surface area contributed by atoms with Crippen LogP contribution < -0.4 is 0 Å². The molecule has 6 heterocycles. The van der Waals surface area contributed by atoms with Crippen molar-refractivity contribution in [3.63, 3.8) is 0 Å². The number of benzene rings is 7. The molecule has 3 N–H and O–H groups in total. The summed E-state index contributed by atoms with van der Waals surface area (Å²) in [5.74, 6) is 3.31. The zero-order valence-electron chi connectivity index (χ0n) is 67.3. The van der Waals surface area contributed by atoms with Crippen molar-refractivity contribution >= 4 is 50.6 Å². The van der Waals surface area contributed by atoms with Crippen LogP contribution in [0.1, 0.15) is 163 Å². The Labute approximate surface area is 695 Å². The van der Waals surface area contributed by atoms with Crippen molar-refractivity contribution in [3.8, 4) is 78.9 Å². The van der Waals surface area contributed by atoms with Crippen LogP contribution >= 0.6 is 0 Å². The van der Waals surface area contributed by atoms with Crippen LogP contribution in [-0.4, -0.2) is 47.6 Å². The van der Waals surface area contributed by atoms with Gasteiger partial charge in [0.15, 0.2) is 17.3 Å². The molecule has 0 saturated heterocycles. The fraction of sp³-hybridized carbons (Fsp3) is 0.250. The van der Waals surface area contributed by atoms with E-state index in [-0.39, 0.29) is 100 Å². The number of carbonyl (C=O) groups excluding carboxylic acids is 3. The summed E-state index contributed by atoms with van der Waals surface area (Å²) >= 11 is 0. The molecule has 0 atom stereocenters. The molecule has 15 heteroatoms. The van der Waals surface area contributed by atoms with Gasteiger partial charge < -0.3 is 28.6 Å². The summed E-state index contributed by atoms with van der Waals surface area (Å²) in [5, 5.41) is 28.1. The zero-order valence-corrected chi connectivity index (χ0v) is 74.4. The molecule has 0 spiro atoms. The molecule has 13 rings (SSSR count). The van der Waals surface area contributed by atoms with Gasteiger partial charge in [-0.25, -0.2) is 0 Å². The smallest absolute Gasteiger partial charge is 0.217 e. The van der Waals surface area contributed by atoms with Crippen LogP contribution in [0, 0.1) is 73.6 Å². The summed E-state index contributed by atoms with van der Waals surface area (Å²) < 4.78 is 18.4. The predicted molar refractivity (Wildman–Crippen MR) is 443 cm³/mol. The number of carbonyl (C=O) groups is 3. The monoisotopic (exact) mass is 2020 g/mol. The second-order valence-electron chi connectivity index (χ2n) is 29.4. The van der Waals surface area contributed by atoms with Crippen molar-refractivity contribution < 1.29 is 103 Å². The number of ketones is 3. The Morgan fingerprint density at radius 1 is 0.378 bits per heavy atom. The summed E-state index contributed by atoms with van der Waals surface area (Å²) in [5.41, 5.74) is 27.1. The van der Waals surface area contributed by atoms with Gasteiger partial charge in [0.05, 0.1) is 17.3 Å². The number of hydrogen-bond acceptors (Lipinski definition) is 12. The van der Waals surface area contributed by atoms with E-state index >= 15 is 0 Å². The number of hydrogen-bond donors (Lipinski definition) is 3. The van der Waals surface area contributed by atoms with Gasteiger partial charge in [0.25, 0.3) is 0 Å². The zero-order chi connectivity index (χ0) is 79.0. The van der Waals surface area contributed by atoms with Crippen LogP contribution in [0.4, 0.5) is 0 Å². The van der Waals surface area contributed by atoms with Gasteiger partial charge in [-0.15, -0.1) is 105 Å². The van der Waals surface area contributed by atoms with Crippen molar-refractivity contribution in [1.82, 2.24) is 15.0 Å². The molecule has 111 heavy (non-hydrogen) atoms. The second kappa shape index (κ2) is 41.5. The van der Waals surface area contributed by atoms with Crippen LogP contribution in [0.2, 0.25) is 0 Å². The molecule has 0 aliphatic carbocycles. The predicted octanol–water partition coefficient (Wildman–Crippen LogP) is 25.7. The largest absolute Gasteiger partial charge is 0.512 e. The number of pyridine rings is 3. The van der Waals surface area contributed by atoms with Gasteiger partial charge >= 0.3 is 0 Å². The molecule has 3 radical (unpaired) electrons. The Balaban J connectivity index is 0.000000260. The van der Waals surface area contributed by atoms with E-state index in [0.717, 1.165) is 101 Å². The van der Waals surface area contributed by atoms with Crippen molar-refractivity contribution in [2.24, 2.45) is 0 Å². The number of aromatic nitrogens is 3. The number of aryl methyl sites for hydroxylation is 8. The van der Waals surface area contributed by atoms with Crippen LogP contribution in [0.5, 0.6) is 0 Å². The van der Waals surface area contributed by atoms with Crippen molar-refractivity contribution in [2.75, 3.05) is 0 Å². The van der Waals surface area contributed by atoms with Crippen LogP contribution in [0.15, 0.2) is 225 Å². The summed E-state index contributed by atoms with van der Waals surface area (Å²) in [4.78, 5) is 44.3. The fourth-order valence-corrected chi connectivity index (χ4v) is 12.3. The van der Waals surface area contributed by atoms with E-state index in [0.29, 0.717) is 29.0 Å². The average Bonchev–Trinajstić information content (AvgIpc) is 1.68. The van der Waals surface area contributed by atoms with E-state index in [1.807, 2.05) is 12.1 Å². The standard InChI is InChI=1S/C29H24NO.C27H28NO.C25H24NO.3C5H8O2.3Ir/c1-18-14-19(2)16-25(15-18)26-13-12-24-17-27(31-29(24)30-26)22-8-10-23(11-9-22)28-20(3)6-5-7-21(28)4;1-16(2)21-12-22(17(3)4)14-24(13-21)26-15-20-7-8-25(28-27(20)29-26)23-10-18(5)9-19(6)11-23;1-16-12-17(2)14-20(13-16)22-11-8-19-15-23(27-24(19)26-22)18-6-9-21(10-7-18)25(3,4)5;3*1-4(6)3-5(2)7;;;/h5-15,17H,1-4H3;7-10,12-17H,1-6H3;6-13,15H,1-5H3;3*3,6H,1-2H3;;;/q3*-1;;;;;;. The van der Waals surface area contributed by atoms with Gasteiger partial charge in [0.2, 0.25) is 17.1 Å². The molecule has 0 aliphatic heterocycles. The first kappa shape index (κ1) is 91.8. The fourth-order valence-electron chi connectivity index (χ4n) is 12.3. The van der Waals surface area contributed by atoms with E-state index < -0.39 is 0 Å². The summed E-state index contributed by atoms with van der Waals surface area (Å²) in [6.45, 7) is 40.9. The Kier molecular flexibility index (Phi) is 34.3. The van der Waals surface area contributed by atoms with Gasteiger partial charge in [-0.1, -0.05) is 199 Å². The van der Waals surface area contributed by atoms with Crippen LogP contribution in [0.3, 0.4) is 0 Å². The maximum atomic E-state index is 10.0. The minimum atomic E-state index is -0.125. The number of furan rings is 3. The molecule has 12 nitrogen and oxygen atoms in total. The Hall–Kier alpha value is -9.81. The number of allylic oxidation sites excluding steroid dienone is 6. The molecule has 13 aromatic rings. The Morgan fingerprint density at radius 3 is 0.946 bits per heavy atom. The second-order valence-corrected chi connectivity index (χ2v) is 29.4.